The SMILES string of the molecule is CCn1c2c(c3cc(C)ccc31)CCn1c(C)nc(CS(=O)(=O)O)c1-2. The summed E-state index contributed by atoms with van der Waals surface area (Å²) >= 11 is 0. The molecule has 6 nitrogen and oxygen atoms in total. The van der Waals surface area contributed by atoms with Crippen molar-refractivity contribution in [3.8, 4) is 11.4 Å². The lowest BCUT2D eigenvalue weighted by Crippen LogP contribution is -2.15. The molecule has 0 radical (unpaired) electrons. The highest BCUT2D eigenvalue weighted by atomic mass is 32.2. The molecule has 0 bridgehead atoms. The Bertz CT molecular complexity index is 1110. The van der Waals surface area contributed by atoms with E-state index in [4.69, 9.17) is 0 Å². The van der Waals surface area contributed by atoms with Gasteiger partial charge >= 0.3 is 0 Å². The summed E-state index contributed by atoms with van der Waals surface area (Å²) in [6, 6.07) is 6.42. The number of benzene rings is 1. The van der Waals surface area contributed by atoms with Crippen molar-refractivity contribution < 1.29 is 13.0 Å². The molecule has 1 aromatic carbocycles. The van der Waals surface area contributed by atoms with Gasteiger partial charge in [-0.05, 0) is 44.9 Å². The molecule has 2 aromatic heterocycles. The van der Waals surface area contributed by atoms with Gasteiger partial charge < -0.3 is 9.13 Å². The topological polar surface area (TPSA) is 77.1 Å². The predicted octanol–water partition coefficient (Wildman–Crippen LogP) is 3.09. The van der Waals surface area contributed by atoms with E-state index >= 15 is 0 Å². The molecule has 3 heterocycles. The molecule has 0 saturated heterocycles. The van der Waals surface area contributed by atoms with Crippen LogP contribution in [-0.2, 0) is 35.4 Å². The number of aryl methyl sites for hydroxylation is 4. The first-order chi connectivity index (χ1) is 11.8. The molecule has 1 aliphatic heterocycles. The predicted molar refractivity (Wildman–Crippen MR) is 97.3 cm³/mol. The number of nitrogens with zero attached hydrogens (tertiary/aromatic N) is 3. The molecular formula is C18H21N3O3S. The van der Waals surface area contributed by atoms with Crippen molar-refractivity contribution >= 4 is 21.0 Å². The lowest BCUT2D eigenvalue weighted by atomic mass is 10.0. The van der Waals surface area contributed by atoms with Crippen molar-refractivity contribution in [2.45, 2.75) is 46.0 Å². The van der Waals surface area contributed by atoms with Gasteiger partial charge in [0.2, 0.25) is 0 Å². The molecule has 0 unspecified atom stereocenters. The van der Waals surface area contributed by atoms with Crippen molar-refractivity contribution in [1.82, 2.24) is 14.1 Å². The van der Waals surface area contributed by atoms with Gasteiger partial charge in [-0.15, -0.1) is 0 Å². The summed E-state index contributed by atoms with van der Waals surface area (Å²) in [5.74, 6) is 0.322. The lowest BCUT2D eigenvalue weighted by molar-refractivity contribution is 0.481. The Morgan fingerprint density at radius 1 is 1.24 bits per heavy atom. The molecule has 3 aromatic rings. The van der Waals surface area contributed by atoms with E-state index in [2.05, 4.69) is 46.2 Å². The quantitative estimate of drug-likeness (QED) is 0.729. The number of imidazole rings is 1. The van der Waals surface area contributed by atoms with Crippen molar-refractivity contribution in [1.29, 1.82) is 0 Å². The van der Waals surface area contributed by atoms with Crippen molar-refractivity contribution in [2.75, 3.05) is 0 Å². The van der Waals surface area contributed by atoms with Crippen LogP contribution in [0.1, 0.15) is 29.6 Å². The summed E-state index contributed by atoms with van der Waals surface area (Å²) in [4.78, 5) is 4.45. The molecule has 0 atom stereocenters. The van der Waals surface area contributed by atoms with Gasteiger partial charge in [-0.2, -0.15) is 8.42 Å². The van der Waals surface area contributed by atoms with Crippen LogP contribution >= 0.6 is 0 Å². The van der Waals surface area contributed by atoms with Gasteiger partial charge in [0.05, 0.1) is 17.1 Å². The van der Waals surface area contributed by atoms with Crippen LogP contribution in [0.2, 0.25) is 0 Å². The maximum absolute atomic E-state index is 11.5. The summed E-state index contributed by atoms with van der Waals surface area (Å²) in [6.07, 6.45) is 0.887. The Labute approximate surface area is 146 Å². The minimum Gasteiger partial charge on any atom is -0.339 e. The molecule has 1 N–H and O–H groups in total. The van der Waals surface area contributed by atoms with E-state index in [0.717, 1.165) is 42.2 Å². The van der Waals surface area contributed by atoms with Gasteiger partial charge in [0, 0.05) is 24.0 Å². The monoisotopic (exact) mass is 359 g/mol. The summed E-state index contributed by atoms with van der Waals surface area (Å²) in [5.41, 5.74) is 5.89. The molecule has 4 rings (SSSR count). The second kappa shape index (κ2) is 5.44. The van der Waals surface area contributed by atoms with Gasteiger partial charge in [-0.25, -0.2) is 4.98 Å². The molecule has 0 saturated carbocycles. The first-order valence-corrected chi connectivity index (χ1v) is 10.0. The standard InChI is InChI=1S/C18H21N3O3S/c1-4-20-16-6-5-11(2)9-14(16)13-7-8-21-12(3)19-15(10-25(22,23)24)18(21)17(13)20/h5-6,9H,4,7-8,10H2,1-3H3,(H,22,23,24). The fourth-order valence-corrected chi connectivity index (χ4v) is 4.60. The van der Waals surface area contributed by atoms with Crippen LogP contribution in [0.5, 0.6) is 0 Å². The van der Waals surface area contributed by atoms with Gasteiger partial charge in [0.15, 0.2) is 0 Å². The third-order valence-corrected chi connectivity index (χ3v) is 5.64. The largest absolute Gasteiger partial charge is 0.339 e. The Morgan fingerprint density at radius 2 is 2.00 bits per heavy atom. The fraction of sp³-hybridized carbons (Fsp3) is 0.389. The number of hydrogen-bond acceptors (Lipinski definition) is 3. The normalized spacial score (nSPS) is 13.9. The highest BCUT2D eigenvalue weighted by Crippen LogP contribution is 2.40. The van der Waals surface area contributed by atoms with Crippen LogP contribution in [0, 0.1) is 13.8 Å². The van der Waals surface area contributed by atoms with Gasteiger partial charge in [0.25, 0.3) is 10.1 Å². The van der Waals surface area contributed by atoms with E-state index in [9.17, 15) is 13.0 Å². The molecule has 0 spiro atoms. The van der Waals surface area contributed by atoms with E-state index in [1.54, 1.807) is 0 Å². The van der Waals surface area contributed by atoms with Crippen molar-refractivity contribution in [2.24, 2.45) is 0 Å². The molecule has 25 heavy (non-hydrogen) atoms. The Balaban J connectivity index is 2.08. The molecule has 7 heteroatoms. The summed E-state index contributed by atoms with van der Waals surface area (Å²) in [6.45, 7) is 7.60. The Hall–Kier alpha value is -2.12. The zero-order chi connectivity index (χ0) is 17.9. The highest BCUT2D eigenvalue weighted by Gasteiger charge is 2.30. The minimum absolute atomic E-state index is 0.426. The van der Waals surface area contributed by atoms with E-state index in [1.165, 1.54) is 16.5 Å². The third kappa shape index (κ3) is 2.49. The minimum atomic E-state index is -4.14. The molecule has 1 aliphatic rings. The zero-order valence-electron chi connectivity index (χ0n) is 14.6. The number of hydrogen-bond donors (Lipinski definition) is 1. The van der Waals surface area contributed by atoms with E-state index in [-0.39, 0.29) is 0 Å². The van der Waals surface area contributed by atoms with Crippen LogP contribution in [0.15, 0.2) is 18.2 Å². The molecule has 0 amide bonds. The number of aromatic nitrogens is 3. The summed E-state index contributed by atoms with van der Waals surface area (Å²) in [5, 5.41) is 1.22. The van der Waals surface area contributed by atoms with Crippen LogP contribution in [0.25, 0.3) is 22.3 Å². The Kier molecular flexibility index (Phi) is 3.56. The molecule has 0 fully saturated rings. The van der Waals surface area contributed by atoms with Crippen LogP contribution in [0.3, 0.4) is 0 Å². The average molecular weight is 359 g/mol. The molecule has 132 valence electrons. The van der Waals surface area contributed by atoms with Gasteiger partial charge in [0.1, 0.15) is 11.6 Å². The second-order valence-corrected chi connectivity index (χ2v) is 8.13. The van der Waals surface area contributed by atoms with Gasteiger partial charge in [-0.3, -0.25) is 4.55 Å². The number of rotatable bonds is 3. The van der Waals surface area contributed by atoms with Crippen LogP contribution < -0.4 is 0 Å². The van der Waals surface area contributed by atoms with Crippen molar-refractivity contribution in [3.63, 3.8) is 0 Å². The number of fused-ring (bicyclic) bond motifs is 5. The maximum atomic E-state index is 11.5. The second-order valence-electron chi connectivity index (χ2n) is 6.67. The maximum Gasteiger partial charge on any atom is 0.270 e. The average Bonchev–Trinajstić information content (AvgIpc) is 3.00. The Morgan fingerprint density at radius 3 is 2.68 bits per heavy atom. The zero-order valence-corrected chi connectivity index (χ0v) is 15.4. The van der Waals surface area contributed by atoms with E-state index in [1.807, 2.05) is 6.92 Å². The van der Waals surface area contributed by atoms with E-state index in [0.29, 0.717) is 5.69 Å². The molecule has 0 aliphatic carbocycles. The first-order valence-electron chi connectivity index (χ1n) is 8.43. The first kappa shape index (κ1) is 16.4. The van der Waals surface area contributed by atoms with E-state index < -0.39 is 15.9 Å². The fourth-order valence-electron chi connectivity index (χ4n) is 4.05. The summed E-state index contributed by atoms with van der Waals surface area (Å²) in [7, 11) is -4.14. The summed E-state index contributed by atoms with van der Waals surface area (Å²) < 4.78 is 36.6. The third-order valence-electron chi connectivity index (χ3n) is 5.00. The van der Waals surface area contributed by atoms with Crippen LogP contribution in [0.4, 0.5) is 0 Å². The van der Waals surface area contributed by atoms with Gasteiger partial charge in [-0.1, -0.05) is 11.6 Å². The van der Waals surface area contributed by atoms with Crippen molar-refractivity contribution in [3.05, 3.63) is 40.8 Å². The smallest absolute Gasteiger partial charge is 0.270 e. The lowest BCUT2D eigenvalue weighted by Gasteiger charge is -2.20. The highest BCUT2D eigenvalue weighted by molar-refractivity contribution is 7.85. The van der Waals surface area contributed by atoms with Crippen LogP contribution in [-0.4, -0.2) is 27.1 Å². The molecular weight excluding hydrogens is 338 g/mol.